The lowest BCUT2D eigenvalue weighted by atomic mass is 9.88. The van der Waals surface area contributed by atoms with Crippen molar-refractivity contribution >= 4 is 23.2 Å². The number of benzene rings is 1. The molecule has 9 atom stereocenters. The van der Waals surface area contributed by atoms with Crippen molar-refractivity contribution in [2.75, 3.05) is 19.4 Å². The summed E-state index contributed by atoms with van der Waals surface area (Å²) < 4.78 is 50.8. The Labute approximate surface area is 224 Å². The lowest BCUT2D eigenvalue weighted by Gasteiger charge is -2.44. The predicted molar refractivity (Wildman–Crippen MR) is 136 cm³/mol. The van der Waals surface area contributed by atoms with Crippen molar-refractivity contribution in [2.24, 2.45) is 11.8 Å². The van der Waals surface area contributed by atoms with E-state index in [2.05, 4.69) is 10.6 Å². The number of carbonyl (C=O) groups is 1. The maximum Gasteiger partial charge on any atom is 0.416 e. The molecule has 212 valence electrons. The molecule has 4 rings (SSSR count). The largest absolute Gasteiger partial charge is 0.416 e. The molecule has 0 aliphatic carbocycles. The molecule has 3 aliphatic rings. The highest BCUT2D eigenvalue weighted by atomic mass is 32.2. The fourth-order valence-corrected chi connectivity index (χ4v) is 6.05. The van der Waals surface area contributed by atoms with Crippen LogP contribution in [-0.2, 0) is 20.4 Å². The van der Waals surface area contributed by atoms with E-state index in [-0.39, 0.29) is 17.7 Å². The van der Waals surface area contributed by atoms with E-state index in [4.69, 9.17) is 9.47 Å². The molecule has 38 heavy (non-hydrogen) atoms. The van der Waals surface area contributed by atoms with Gasteiger partial charge in [0.25, 0.3) is 0 Å². The van der Waals surface area contributed by atoms with E-state index in [1.54, 1.807) is 6.26 Å². The molecule has 2 fully saturated rings. The van der Waals surface area contributed by atoms with Crippen LogP contribution in [0.15, 0.2) is 30.3 Å². The molecule has 0 aromatic heterocycles. The van der Waals surface area contributed by atoms with Gasteiger partial charge < -0.3 is 35.4 Å². The molecule has 2 saturated heterocycles. The third-order valence-electron chi connectivity index (χ3n) is 7.51. The maximum atomic E-state index is 13.4. The molecule has 3 unspecified atom stereocenters. The Morgan fingerprint density at radius 1 is 1.13 bits per heavy atom. The highest BCUT2D eigenvalue weighted by molar-refractivity contribution is 7.99. The number of halogens is 3. The van der Waals surface area contributed by atoms with Gasteiger partial charge in [-0.25, -0.2) is 0 Å². The molecule has 3 heterocycles. The van der Waals surface area contributed by atoms with Gasteiger partial charge in [-0.15, -0.1) is 11.8 Å². The lowest BCUT2D eigenvalue weighted by Crippen LogP contribution is -2.65. The average Bonchev–Trinajstić information content (AvgIpc) is 3.15. The zero-order valence-corrected chi connectivity index (χ0v) is 22.2. The van der Waals surface area contributed by atoms with Gasteiger partial charge in [0.15, 0.2) is 0 Å². The van der Waals surface area contributed by atoms with E-state index in [0.29, 0.717) is 25.1 Å². The van der Waals surface area contributed by atoms with E-state index < -0.39 is 59.8 Å². The first-order chi connectivity index (χ1) is 17.9. The van der Waals surface area contributed by atoms with Crippen molar-refractivity contribution in [3.05, 3.63) is 41.5 Å². The smallest absolute Gasteiger partial charge is 0.388 e. The number of aliphatic hydroxyl groups is 3. The number of ether oxygens (including phenoxy) is 2. The van der Waals surface area contributed by atoms with Gasteiger partial charge in [-0.2, -0.15) is 13.2 Å². The number of thioether (sulfide) groups is 1. The quantitative estimate of drug-likeness (QED) is 0.357. The number of amides is 1. The van der Waals surface area contributed by atoms with Gasteiger partial charge in [0, 0.05) is 12.5 Å². The number of aliphatic hydroxyl groups excluding tert-OH is 3. The molecule has 1 amide bonds. The summed E-state index contributed by atoms with van der Waals surface area (Å²) in [6.45, 7) is 4.47. The van der Waals surface area contributed by atoms with Crippen molar-refractivity contribution in [3.8, 4) is 0 Å². The number of fused-ring (bicyclic) bond motifs is 1. The first-order valence-corrected chi connectivity index (χ1v) is 14.0. The normalized spacial score (nSPS) is 34.8. The lowest BCUT2D eigenvalue weighted by molar-refractivity contribution is -0.208. The van der Waals surface area contributed by atoms with Crippen LogP contribution in [0.5, 0.6) is 0 Å². The molecule has 1 aromatic carbocycles. The summed E-state index contributed by atoms with van der Waals surface area (Å²) in [5.74, 6) is -0.681. The van der Waals surface area contributed by atoms with E-state index >= 15 is 0 Å². The molecule has 0 saturated carbocycles. The van der Waals surface area contributed by atoms with Gasteiger partial charge in [-0.3, -0.25) is 4.79 Å². The molecule has 5 N–H and O–H groups in total. The highest BCUT2D eigenvalue weighted by Crippen LogP contribution is 2.34. The molecule has 12 heteroatoms. The molecule has 0 spiro atoms. The van der Waals surface area contributed by atoms with Gasteiger partial charge in [0.05, 0.1) is 24.3 Å². The summed E-state index contributed by atoms with van der Waals surface area (Å²) in [6, 6.07) is 3.69. The number of rotatable bonds is 6. The van der Waals surface area contributed by atoms with Crippen LogP contribution in [0.3, 0.4) is 0 Å². The third kappa shape index (κ3) is 6.06. The van der Waals surface area contributed by atoms with Crippen LogP contribution in [0.4, 0.5) is 13.2 Å². The molecule has 0 radical (unpaired) electrons. The van der Waals surface area contributed by atoms with Crippen molar-refractivity contribution < 1.29 is 42.8 Å². The highest BCUT2D eigenvalue weighted by Gasteiger charge is 2.49. The monoisotopic (exact) mass is 560 g/mol. The number of hydrogen-bond acceptors (Lipinski definition) is 8. The summed E-state index contributed by atoms with van der Waals surface area (Å²) in [5, 5.41) is 37.3. The summed E-state index contributed by atoms with van der Waals surface area (Å²) in [7, 11) is 0. The van der Waals surface area contributed by atoms with Crippen molar-refractivity contribution in [2.45, 2.75) is 74.5 Å². The van der Waals surface area contributed by atoms with Crippen molar-refractivity contribution in [1.82, 2.24) is 10.6 Å². The van der Waals surface area contributed by atoms with Gasteiger partial charge in [0.1, 0.15) is 35.9 Å². The van der Waals surface area contributed by atoms with Crippen LogP contribution in [0.25, 0.3) is 5.57 Å². The number of carbonyl (C=O) groups excluding carboxylic acids is 1. The van der Waals surface area contributed by atoms with Gasteiger partial charge in [-0.1, -0.05) is 32.1 Å². The maximum absolute atomic E-state index is 13.4. The van der Waals surface area contributed by atoms with Gasteiger partial charge >= 0.3 is 6.18 Å². The SMILES string of the molecule is CSC1O[C@H]([C@H](NC(=O)[C@H]2NC[C@@H]3C=C(c4ccc(C(F)(F)F)cc4)CCO[C@@H]23)C(C)C)C(O)C(O)[C@H]1O. The fraction of sp³-hybridized carbons (Fsp3) is 0.654. The number of alkyl halides is 3. The molecule has 8 nitrogen and oxygen atoms in total. The van der Waals surface area contributed by atoms with Gasteiger partial charge in [0.2, 0.25) is 5.91 Å². The Kier molecular flexibility index (Phi) is 9.13. The molecule has 0 bridgehead atoms. The van der Waals surface area contributed by atoms with E-state index in [1.165, 1.54) is 23.9 Å². The Morgan fingerprint density at radius 3 is 2.42 bits per heavy atom. The number of nitrogens with one attached hydrogen (secondary N) is 2. The predicted octanol–water partition coefficient (Wildman–Crippen LogP) is 1.78. The summed E-state index contributed by atoms with van der Waals surface area (Å²) in [6.07, 6.45) is -5.72. The second-order valence-corrected chi connectivity index (χ2v) is 11.3. The zero-order chi connectivity index (χ0) is 27.8. The van der Waals surface area contributed by atoms with Crippen LogP contribution in [0, 0.1) is 11.8 Å². The Balaban J connectivity index is 1.47. The topological polar surface area (TPSA) is 120 Å². The minimum Gasteiger partial charge on any atom is -0.388 e. The van der Waals surface area contributed by atoms with Crippen LogP contribution in [-0.4, -0.2) is 88.7 Å². The Bertz CT molecular complexity index is 1010. The zero-order valence-electron chi connectivity index (χ0n) is 21.4. The standard InChI is InChI=1S/C26H35F3N2O6S/c1-12(2)17(23-20(33)19(32)21(34)25(37-23)38-3)31-24(35)18-22-15(11-30-18)10-14(8-9-36-22)13-4-6-16(7-5-13)26(27,28)29/h4-7,10,12,15,17-23,25,30,32-34H,8-9,11H2,1-3H3,(H,31,35)/t15-,17+,18-,19?,20?,21+,22+,23+,25?/m0/s1. The molecular formula is C26H35F3N2O6S. The van der Waals surface area contributed by atoms with E-state index in [0.717, 1.165) is 17.7 Å². The van der Waals surface area contributed by atoms with E-state index in [9.17, 15) is 33.3 Å². The third-order valence-corrected chi connectivity index (χ3v) is 8.36. The second kappa shape index (κ2) is 11.8. The summed E-state index contributed by atoms with van der Waals surface area (Å²) >= 11 is 1.20. The average molecular weight is 561 g/mol. The fourth-order valence-electron chi connectivity index (χ4n) is 5.37. The van der Waals surface area contributed by atoms with Crippen LogP contribution < -0.4 is 10.6 Å². The van der Waals surface area contributed by atoms with Crippen LogP contribution in [0.1, 0.15) is 31.4 Å². The van der Waals surface area contributed by atoms with Crippen LogP contribution >= 0.6 is 11.8 Å². The molecule has 1 aromatic rings. The minimum atomic E-state index is -4.40. The van der Waals surface area contributed by atoms with Crippen molar-refractivity contribution in [3.63, 3.8) is 0 Å². The molecular weight excluding hydrogens is 525 g/mol. The first-order valence-electron chi connectivity index (χ1n) is 12.7. The second-order valence-electron chi connectivity index (χ2n) is 10.4. The minimum absolute atomic E-state index is 0.165. The summed E-state index contributed by atoms with van der Waals surface area (Å²) in [5.41, 5.74) is 0.0806. The van der Waals surface area contributed by atoms with Gasteiger partial charge in [-0.05, 0) is 41.9 Å². The number of hydrogen-bond donors (Lipinski definition) is 5. The Hall–Kier alpha value is -1.67. The van der Waals surface area contributed by atoms with Crippen molar-refractivity contribution in [1.29, 1.82) is 0 Å². The Morgan fingerprint density at radius 2 is 1.82 bits per heavy atom. The summed E-state index contributed by atoms with van der Waals surface area (Å²) in [4.78, 5) is 13.4. The molecule has 3 aliphatic heterocycles. The first kappa shape index (κ1) is 29.3. The van der Waals surface area contributed by atoms with Crippen LogP contribution in [0.2, 0.25) is 0 Å². The van der Waals surface area contributed by atoms with E-state index in [1.807, 2.05) is 19.9 Å².